The molecule has 4 saturated heterocycles. The van der Waals surface area contributed by atoms with E-state index in [2.05, 4.69) is 16.8 Å². The molecule has 0 amide bonds. The van der Waals surface area contributed by atoms with Crippen LogP contribution in [0.4, 0.5) is 19.2 Å². The normalized spacial score (nSPS) is 20.7. The molecular formula is C96H125F3N8O17. The number of rotatable bonds is 9. The summed E-state index contributed by atoms with van der Waals surface area (Å²) in [5.74, 6) is 4.74. The second-order valence-corrected chi connectivity index (χ2v) is 33.8. The molecule has 124 heavy (non-hydrogen) atoms. The molecule has 16 rings (SSSR count). The number of para-hydroxylation sites is 1. The molecule has 8 N–H and O–H groups in total. The molecule has 12 atom stereocenters. The molecule has 6 aromatic heterocycles. The number of fused-ring (bicyclic) bond motifs is 5. The summed E-state index contributed by atoms with van der Waals surface area (Å²) in [6, 6.07) is 38.3. The molecule has 0 spiro atoms. The number of aryl methyl sites for hydroxylation is 6. The van der Waals surface area contributed by atoms with Crippen LogP contribution < -0.4 is 16.7 Å². The maximum absolute atomic E-state index is 13.6. The van der Waals surface area contributed by atoms with Gasteiger partial charge in [-0.05, 0) is 198 Å². The minimum atomic E-state index is -0.824. The van der Waals surface area contributed by atoms with Crippen LogP contribution in [0.2, 0.25) is 0 Å². The SMILES string of the molecule is C.C.C.CC#Cc1cn(C(C)(C)C)c(=O)c2c(C)cccc12.Cc1cc([C@H]2C[C@@H](O)[C@@H](CO)O2)c(F)cc1F.Cc1ccc2c(=O)n(C(C)(C)C)ccc2c1.Cc1cccc2c1ncn2[C@H]1C[C@@H](O)[C@@H](CO)O1.Cc1cccc2ccn(C(C)(C)C)c(=O)c12.Cc1ccn([C@H]2C[C@@H](O)[C@@H](CO)O2)c1.F.O=[N+]([O-])c1ccc2c(ccn2[C@H]2C[C@@H](O)[C@@H](CO)O2)c1. The Kier molecular flexibility index (Phi) is 35.8. The maximum atomic E-state index is 13.6. The molecule has 12 aromatic rings. The summed E-state index contributed by atoms with van der Waals surface area (Å²) >= 11 is 0. The van der Waals surface area contributed by atoms with Crippen molar-refractivity contribution in [2.75, 3.05) is 26.4 Å². The van der Waals surface area contributed by atoms with Gasteiger partial charge in [0.25, 0.3) is 22.4 Å². The van der Waals surface area contributed by atoms with E-state index in [0.29, 0.717) is 24.8 Å². The number of imidazole rings is 1. The first kappa shape index (κ1) is 102. The molecule has 0 radical (unpaired) electrons. The van der Waals surface area contributed by atoms with Gasteiger partial charge in [0.15, 0.2) is 0 Å². The fraction of sp³-hybridized carbons (Fsp3) is 0.438. The number of pyridine rings is 3. The van der Waals surface area contributed by atoms with Gasteiger partial charge in [0.2, 0.25) is 0 Å². The van der Waals surface area contributed by atoms with Crippen molar-refractivity contribution in [1.29, 1.82) is 0 Å². The zero-order valence-corrected chi connectivity index (χ0v) is 71.2. The minimum Gasteiger partial charge on any atom is -0.394 e. The Labute approximate surface area is 722 Å². The van der Waals surface area contributed by atoms with Gasteiger partial charge in [-0.25, -0.2) is 13.8 Å². The Morgan fingerprint density at radius 2 is 0.992 bits per heavy atom. The number of nitro benzene ring substituents is 1. The average Bonchev–Trinajstić information content (AvgIpc) is 1.22. The van der Waals surface area contributed by atoms with E-state index in [0.717, 1.165) is 88.1 Å². The van der Waals surface area contributed by atoms with E-state index in [1.807, 2.05) is 240 Å². The van der Waals surface area contributed by atoms with Gasteiger partial charge >= 0.3 is 0 Å². The lowest BCUT2D eigenvalue weighted by Gasteiger charge is -2.23. The average molecular weight is 1720 g/mol. The molecule has 0 bridgehead atoms. The van der Waals surface area contributed by atoms with Gasteiger partial charge in [0.05, 0.1) is 95.5 Å². The maximum Gasteiger partial charge on any atom is 0.270 e. The van der Waals surface area contributed by atoms with E-state index < -0.39 is 71.5 Å². The summed E-state index contributed by atoms with van der Waals surface area (Å²) in [5.41, 5.74) is 9.38. The third-order valence-corrected chi connectivity index (χ3v) is 21.6. The lowest BCUT2D eigenvalue weighted by Crippen LogP contribution is -2.34. The topological polar surface area (TPSA) is 336 Å². The second-order valence-electron chi connectivity index (χ2n) is 33.8. The van der Waals surface area contributed by atoms with Crippen molar-refractivity contribution >= 4 is 59.9 Å². The van der Waals surface area contributed by atoms with Crippen LogP contribution in [0.3, 0.4) is 0 Å². The molecule has 0 unspecified atom stereocenters. The highest BCUT2D eigenvalue weighted by atomic mass is 19.1. The van der Waals surface area contributed by atoms with Gasteiger partial charge in [-0.1, -0.05) is 94.4 Å². The number of aliphatic hydroxyl groups is 8. The van der Waals surface area contributed by atoms with Crippen LogP contribution in [-0.4, -0.2) is 153 Å². The van der Waals surface area contributed by atoms with E-state index in [9.17, 15) is 53.7 Å². The van der Waals surface area contributed by atoms with Gasteiger partial charge in [0, 0.05) is 125 Å². The molecule has 10 heterocycles. The number of non-ortho nitro benzene ring substituents is 1. The summed E-state index contributed by atoms with van der Waals surface area (Å²) < 4.78 is 59.7. The summed E-state index contributed by atoms with van der Waals surface area (Å²) in [4.78, 5) is 52.0. The molecule has 25 nitrogen and oxygen atoms in total. The van der Waals surface area contributed by atoms with E-state index >= 15 is 0 Å². The Morgan fingerprint density at radius 1 is 0.484 bits per heavy atom. The van der Waals surface area contributed by atoms with Crippen molar-refractivity contribution in [3.05, 3.63) is 268 Å². The predicted molar refractivity (Wildman–Crippen MR) is 483 cm³/mol. The fourth-order valence-electron chi connectivity index (χ4n) is 15.0. The summed E-state index contributed by atoms with van der Waals surface area (Å²) in [6.45, 7) is 30.8. The smallest absolute Gasteiger partial charge is 0.270 e. The third-order valence-electron chi connectivity index (χ3n) is 21.6. The molecule has 4 fully saturated rings. The molecule has 4 aliphatic rings. The number of aromatic nitrogens is 7. The molecular weight excluding hydrogens is 1590 g/mol. The Morgan fingerprint density at radius 3 is 1.54 bits per heavy atom. The number of hydrogen-bond acceptors (Lipinski definition) is 18. The molecule has 0 saturated carbocycles. The standard InChI is InChI=1S/C17H19NO.2C14H17NO.C13H14N2O5.C13H16N2O3.C12H14F2O3.C10H15NO3.3CH4.FH/c1-6-8-13-11-18(17(3,4)5)16(19)15-12(2)9-7-10-14(13)15;1-10-5-6-12-11(9-10)7-8-15(13(12)16)14(2,3)4;1-10-6-5-7-11-8-9-15(14(2,3)4)13(16)12(10)11;16-7-12-11(17)6-13(20-12)14-4-3-8-5-9(15(18)19)1-2-10(8)14;1-8-3-2-4-9-13(8)14-7-15(9)12-5-10(17)11(6-16)18-12;1-6-2-7(9(14)3-8(6)13)11-4-10(16)12(5-15)17-11;1-7-2-3-11(5-7)10-4-8(13)9(6-12)14-10;;;;/h7,9-11H,1-5H3;2*5-9H,1-4H3;1-5,11-13,16-17H,6-7H2;2-4,7,10-12,16-17H,5-6H2,1H3;2-3,10-12,15-16H,4-5H2,1H3;2-3,5,8-10,12-13H,4,6H2,1H3;3*1H4;1H/t;;;11-,12-,13-;2*10-,11-,12-;8-,9-,10-;;;;/m...1111..../s1. The van der Waals surface area contributed by atoms with Crippen LogP contribution in [0.25, 0.3) is 54.3 Å². The first-order valence-corrected chi connectivity index (χ1v) is 40.1. The van der Waals surface area contributed by atoms with Crippen molar-refractivity contribution in [2.24, 2.45) is 0 Å². The largest absolute Gasteiger partial charge is 0.394 e. The van der Waals surface area contributed by atoms with Crippen molar-refractivity contribution in [3.63, 3.8) is 0 Å². The van der Waals surface area contributed by atoms with Crippen molar-refractivity contribution in [2.45, 2.75) is 249 Å². The zero-order chi connectivity index (χ0) is 87.7. The lowest BCUT2D eigenvalue weighted by molar-refractivity contribution is -0.384. The summed E-state index contributed by atoms with van der Waals surface area (Å²) in [6.07, 6.45) is 8.26. The second kappa shape index (κ2) is 43.4. The quantitative estimate of drug-likeness (QED) is 0.0378. The first-order valence-electron chi connectivity index (χ1n) is 40.1. The highest BCUT2D eigenvalue weighted by molar-refractivity contribution is 5.90. The van der Waals surface area contributed by atoms with Crippen LogP contribution in [0.5, 0.6) is 0 Å². The first-order chi connectivity index (χ1) is 56.7. The Bertz CT molecular complexity index is 5860. The number of aliphatic hydroxyl groups excluding tert-OH is 8. The lowest BCUT2D eigenvalue weighted by atomic mass is 10.0. The van der Waals surface area contributed by atoms with Gasteiger partial charge in [0.1, 0.15) is 54.7 Å². The van der Waals surface area contributed by atoms with Crippen molar-refractivity contribution < 1.29 is 78.2 Å². The monoisotopic (exact) mass is 1720 g/mol. The highest BCUT2D eigenvalue weighted by Crippen LogP contribution is 2.38. The minimum absolute atomic E-state index is 0. The predicted octanol–water partition coefficient (Wildman–Crippen LogP) is 15.7. The fourth-order valence-corrected chi connectivity index (χ4v) is 15.0. The van der Waals surface area contributed by atoms with Crippen molar-refractivity contribution in [3.8, 4) is 11.8 Å². The number of halogens is 3. The van der Waals surface area contributed by atoms with Gasteiger partial charge < -0.3 is 87.2 Å². The van der Waals surface area contributed by atoms with Crippen LogP contribution in [0.15, 0.2) is 185 Å². The number of hydrogen-bond donors (Lipinski definition) is 8. The van der Waals surface area contributed by atoms with Crippen LogP contribution in [0.1, 0.15) is 186 Å². The molecule has 4 aliphatic heterocycles. The molecule has 6 aromatic carbocycles. The number of nitro groups is 1. The molecule has 28 heteroatoms. The van der Waals surface area contributed by atoms with Gasteiger partial charge in [-0.15, -0.1) is 5.92 Å². The van der Waals surface area contributed by atoms with Gasteiger partial charge in [-0.3, -0.25) is 29.2 Å². The third kappa shape index (κ3) is 23.7. The zero-order valence-electron chi connectivity index (χ0n) is 71.2. The van der Waals surface area contributed by atoms with E-state index in [4.69, 9.17) is 39.4 Å². The van der Waals surface area contributed by atoms with Crippen LogP contribution in [-0.2, 0) is 35.6 Å². The van der Waals surface area contributed by atoms with Crippen LogP contribution in [0, 0.1) is 75.1 Å². The summed E-state index contributed by atoms with van der Waals surface area (Å²) in [5, 5.41) is 91.5. The van der Waals surface area contributed by atoms with E-state index in [-0.39, 0.29) is 123 Å². The van der Waals surface area contributed by atoms with Crippen LogP contribution >= 0.6 is 0 Å². The Balaban J connectivity index is 0.000000223. The highest BCUT2D eigenvalue weighted by Gasteiger charge is 2.39. The van der Waals surface area contributed by atoms with E-state index in [1.165, 1.54) is 30.7 Å². The van der Waals surface area contributed by atoms with Gasteiger partial charge in [-0.2, -0.15) is 0 Å². The molecule has 672 valence electrons. The number of nitrogens with zero attached hydrogens (tertiary/aromatic N) is 8. The number of ether oxygens (including phenoxy) is 4. The van der Waals surface area contributed by atoms with E-state index in [1.54, 1.807) is 38.4 Å². The van der Waals surface area contributed by atoms with Crippen molar-refractivity contribution in [1.82, 2.24) is 32.4 Å². The molecule has 0 aliphatic carbocycles. The summed E-state index contributed by atoms with van der Waals surface area (Å²) in [7, 11) is 0. The number of benzene rings is 6. The Hall–Kier alpha value is -10.5.